The number of ether oxygens (including phenoxy) is 2. The SMILES string of the molecule is COc1cc(/C=C(\C#N)C(=O)N2CCc3ccccc32)cc(Cl)c1OCc1cccc(C)c1. The molecule has 0 saturated heterocycles. The van der Waals surface area contributed by atoms with Crippen molar-refractivity contribution in [1.82, 2.24) is 0 Å². The van der Waals surface area contributed by atoms with Gasteiger partial charge in [-0.3, -0.25) is 4.79 Å². The molecule has 0 bridgehead atoms. The van der Waals surface area contributed by atoms with Gasteiger partial charge in [0.2, 0.25) is 0 Å². The molecule has 1 aliphatic rings. The molecule has 1 heterocycles. The maximum absolute atomic E-state index is 13.1. The Bertz CT molecular complexity index is 1280. The van der Waals surface area contributed by atoms with Gasteiger partial charge in [0.15, 0.2) is 11.5 Å². The molecule has 0 saturated carbocycles. The topological polar surface area (TPSA) is 62.6 Å². The van der Waals surface area contributed by atoms with Gasteiger partial charge in [-0.15, -0.1) is 0 Å². The summed E-state index contributed by atoms with van der Waals surface area (Å²) in [4.78, 5) is 14.7. The van der Waals surface area contributed by atoms with Gasteiger partial charge in [-0.1, -0.05) is 59.6 Å². The highest BCUT2D eigenvalue weighted by Crippen LogP contribution is 2.38. The van der Waals surface area contributed by atoms with E-state index in [0.29, 0.717) is 35.2 Å². The van der Waals surface area contributed by atoms with Gasteiger partial charge >= 0.3 is 0 Å². The fraction of sp³-hybridized carbons (Fsp3) is 0.185. The molecule has 6 heteroatoms. The zero-order valence-corrected chi connectivity index (χ0v) is 19.2. The van der Waals surface area contributed by atoms with Crippen molar-refractivity contribution < 1.29 is 14.3 Å². The maximum atomic E-state index is 13.1. The van der Waals surface area contributed by atoms with Crippen LogP contribution in [-0.2, 0) is 17.8 Å². The minimum atomic E-state index is -0.336. The molecule has 0 aliphatic carbocycles. The lowest BCUT2D eigenvalue weighted by Crippen LogP contribution is -2.29. The highest BCUT2D eigenvalue weighted by molar-refractivity contribution is 6.32. The van der Waals surface area contributed by atoms with Gasteiger partial charge in [-0.25, -0.2) is 0 Å². The summed E-state index contributed by atoms with van der Waals surface area (Å²) in [5.74, 6) is 0.506. The quantitative estimate of drug-likeness (QED) is 0.349. The molecule has 3 aromatic carbocycles. The Morgan fingerprint density at radius 3 is 2.76 bits per heavy atom. The third-order valence-corrected chi connectivity index (χ3v) is 5.79. The molecule has 0 fully saturated rings. The number of carbonyl (C=O) groups is 1. The van der Waals surface area contributed by atoms with E-state index >= 15 is 0 Å². The Morgan fingerprint density at radius 1 is 1.18 bits per heavy atom. The van der Waals surface area contributed by atoms with E-state index < -0.39 is 0 Å². The van der Waals surface area contributed by atoms with Crippen molar-refractivity contribution in [3.63, 3.8) is 0 Å². The van der Waals surface area contributed by atoms with E-state index in [1.807, 2.05) is 61.5 Å². The lowest BCUT2D eigenvalue weighted by atomic mass is 10.1. The number of anilines is 1. The number of nitriles is 1. The fourth-order valence-electron chi connectivity index (χ4n) is 3.92. The normalized spacial score (nSPS) is 12.8. The zero-order valence-electron chi connectivity index (χ0n) is 18.5. The summed E-state index contributed by atoms with van der Waals surface area (Å²) in [6.45, 7) is 2.91. The van der Waals surface area contributed by atoms with Crippen LogP contribution in [0.2, 0.25) is 5.02 Å². The Hall–Kier alpha value is -3.75. The van der Waals surface area contributed by atoms with Crippen molar-refractivity contribution in [3.05, 3.63) is 93.5 Å². The number of halogens is 1. The minimum Gasteiger partial charge on any atom is -0.493 e. The molecule has 0 spiro atoms. The second kappa shape index (κ2) is 9.81. The number of amides is 1. The molecular formula is C27H23ClN2O3. The van der Waals surface area contributed by atoms with Crippen molar-refractivity contribution in [2.45, 2.75) is 20.0 Å². The second-order valence-electron chi connectivity index (χ2n) is 7.82. The number of aryl methyl sites for hydroxylation is 1. The summed E-state index contributed by atoms with van der Waals surface area (Å²) in [5, 5.41) is 10.0. The van der Waals surface area contributed by atoms with E-state index in [2.05, 4.69) is 0 Å². The minimum absolute atomic E-state index is 0.0262. The molecule has 33 heavy (non-hydrogen) atoms. The van der Waals surface area contributed by atoms with Crippen LogP contribution >= 0.6 is 11.6 Å². The van der Waals surface area contributed by atoms with Gasteiger partial charge in [-0.2, -0.15) is 5.26 Å². The number of carbonyl (C=O) groups excluding carboxylic acids is 1. The largest absolute Gasteiger partial charge is 0.493 e. The van der Waals surface area contributed by atoms with Crippen molar-refractivity contribution in [1.29, 1.82) is 5.26 Å². The number of nitrogens with zero attached hydrogens (tertiary/aromatic N) is 2. The van der Waals surface area contributed by atoms with Crippen molar-refractivity contribution in [2.24, 2.45) is 0 Å². The first kappa shape index (κ1) is 22.4. The highest BCUT2D eigenvalue weighted by Gasteiger charge is 2.26. The molecule has 1 aliphatic heterocycles. The Kier molecular flexibility index (Phi) is 6.67. The maximum Gasteiger partial charge on any atom is 0.268 e. The van der Waals surface area contributed by atoms with E-state index in [9.17, 15) is 10.1 Å². The molecule has 0 unspecified atom stereocenters. The van der Waals surface area contributed by atoms with Crippen LogP contribution in [0.3, 0.4) is 0 Å². The predicted octanol–water partition coefficient (Wildman–Crippen LogP) is 5.73. The Morgan fingerprint density at radius 2 is 2.00 bits per heavy atom. The fourth-order valence-corrected chi connectivity index (χ4v) is 4.20. The number of rotatable bonds is 6. The summed E-state index contributed by atoms with van der Waals surface area (Å²) < 4.78 is 11.4. The Balaban J connectivity index is 1.58. The first-order chi connectivity index (χ1) is 16.0. The molecule has 0 radical (unpaired) electrons. The smallest absolute Gasteiger partial charge is 0.268 e. The third kappa shape index (κ3) is 4.87. The van der Waals surface area contributed by atoms with Gasteiger partial charge in [0.05, 0.1) is 12.1 Å². The monoisotopic (exact) mass is 458 g/mol. The van der Waals surface area contributed by atoms with Crippen molar-refractivity contribution in [2.75, 3.05) is 18.6 Å². The lowest BCUT2D eigenvalue weighted by Gasteiger charge is -2.17. The molecule has 0 aromatic heterocycles. The molecule has 0 N–H and O–H groups in total. The molecule has 4 rings (SSSR count). The van der Waals surface area contributed by atoms with Crippen LogP contribution in [-0.4, -0.2) is 19.6 Å². The van der Waals surface area contributed by atoms with Crippen molar-refractivity contribution >= 4 is 29.3 Å². The average Bonchev–Trinajstić information content (AvgIpc) is 3.25. The van der Waals surface area contributed by atoms with Crippen LogP contribution in [0.4, 0.5) is 5.69 Å². The first-order valence-corrected chi connectivity index (χ1v) is 11.0. The number of para-hydroxylation sites is 1. The van der Waals surface area contributed by atoms with E-state index in [4.69, 9.17) is 21.1 Å². The lowest BCUT2D eigenvalue weighted by molar-refractivity contribution is -0.114. The van der Waals surface area contributed by atoms with Crippen molar-refractivity contribution in [3.8, 4) is 17.6 Å². The molecule has 0 atom stereocenters. The second-order valence-corrected chi connectivity index (χ2v) is 8.22. The number of benzene rings is 3. The van der Waals surface area contributed by atoms with Crippen LogP contribution < -0.4 is 14.4 Å². The highest BCUT2D eigenvalue weighted by atomic mass is 35.5. The van der Waals surface area contributed by atoms with Gasteiger partial charge < -0.3 is 14.4 Å². The molecule has 1 amide bonds. The number of hydrogen-bond acceptors (Lipinski definition) is 4. The van der Waals surface area contributed by atoms with E-state index in [0.717, 1.165) is 28.8 Å². The van der Waals surface area contributed by atoms with Gasteiger partial charge in [-0.05, 0) is 54.3 Å². The summed E-state index contributed by atoms with van der Waals surface area (Å²) >= 11 is 6.50. The van der Waals surface area contributed by atoms with Crippen LogP contribution in [0.1, 0.15) is 22.3 Å². The third-order valence-electron chi connectivity index (χ3n) is 5.51. The number of methoxy groups -OCH3 is 1. The summed E-state index contributed by atoms with van der Waals surface area (Å²) in [5.41, 5.74) is 4.71. The Labute approximate surface area is 198 Å². The zero-order chi connectivity index (χ0) is 23.4. The van der Waals surface area contributed by atoms with Gasteiger partial charge in [0, 0.05) is 12.2 Å². The van der Waals surface area contributed by atoms with Crippen LogP contribution in [0, 0.1) is 18.3 Å². The predicted molar refractivity (Wildman–Crippen MR) is 130 cm³/mol. The van der Waals surface area contributed by atoms with Crippen LogP contribution in [0.25, 0.3) is 6.08 Å². The average molecular weight is 459 g/mol. The standard InChI is InChI=1S/C27H23ClN2O3/c1-18-6-5-7-19(12-18)17-33-26-23(28)14-20(15-25(26)32-2)13-22(16-29)27(31)30-11-10-21-8-3-4-9-24(21)30/h3-9,12-15H,10-11,17H2,1-2H3/b22-13+. The molecule has 5 nitrogen and oxygen atoms in total. The van der Waals surface area contributed by atoms with Crippen LogP contribution in [0.5, 0.6) is 11.5 Å². The van der Waals surface area contributed by atoms with E-state index in [-0.39, 0.29) is 11.5 Å². The number of fused-ring (bicyclic) bond motifs is 1. The summed E-state index contributed by atoms with van der Waals surface area (Å²) in [6, 6.07) is 21.2. The van der Waals surface area contributed by atoms with E-state index in [1.165, 1.54) is 13.2 Å². The number of hydrogen-bond donors (Lipinski definition) is 0. The van der Waals surface area contributed by atoms with Crippen LogP contribution in [0.15, 0.2) is 66.2 Å². The van der Waals surface area contributed by atoms with Gasteiger partial charge in [0.25, 0.3) is 5.91 Å². The molecule has 3 aromatic rings. The summed E-state index contributed by atoms with van der Waals surface area (Å²) in [6.07, 6.45) is 2.30. The first-order valence-electron chi connectivity index (χ1n) is 10.6. The molecule has 166 valence electrons. The molecular weight excluding hydrogens is 436 g/mol. The summed E-state index contributed by atoms with van der Waals surface area (Å²) in [7, 11) is 1.52. The van der Waals surface area contributed by atoms with E-state index in [1.54, 1.807) is 17.0 Å². The van der Waals surface area contributed by atoms with Gasteiger partial charge in [0.1, 0.15) is 18.2 Å².